The number of nitrogens with one attached hydrogen (secondary N) is 2. The van der Waals surface area contributed by atoms with E-state index in [0.717, 1.165) is 4.88 Å². The van der Waals surface area contributed by atoms with Crippen LogP contribution >= 0.6 is 23.6 Å². The quantitative estimate of drug-likeness (QED) is 0.383. The van der Waals surface area contributed by atoms with Gasteiger partial charge in [0.2, 0.25) is 0 Å². The van der Waals surface area contributed by atoms with E-state index < -0.39 is 11.8 Å². The first-order valence-corrected chi connectivity index (χ1v) is 10.0. The zero-order valence-electron chi connectivity index (χ0n) is 15.7. The van der Waals surface area contributed by atoms with Crippen molar-refractivity contribution in [2.24, 2.45) is 0 Å². The van der Waals surface area contributed by atoms with Crippen LogP contribution in [0, 0.1) is 18.6 Å². The molecule has 3 rings (SSSR count). The molecule has 150 valence electrons. The van der Waals surface area contributed by atoms with Crippen molar-refractivity contribution in [2.75, 3.05) is 17.2 Å². The standard InChI is InChI=1S/C21H18F2N2O2S2/c1-3-27-20(26)18-17(13-8-10-14(22)11-9-13)12(2)29-19(18)25-21(28)24-16-7-5-4-6-15(16)23/h4-11H,3H2,1-2H3,(H2,24,25,28). The van der Waals surface area contributed by atoms with E-state index in [9.17, 15) is 13.6 Å². The van der Waals surface area contributed by atoms with Crippen LogP contribution in [0.15, 0.2) is 48.5 Å². The third-order valence-corrected chi connectivity index (χ3v) is 5.27. The minimum Gasteiger partial charge on any atom is -0.462 e. The SMILES string of the molecule is CCOC(=O)c1c(NC(=S)Nc2ccccc2F)sc(C)c1-c1ccc(F)cc1. The lowest BCUT2D eigenvalue weighted by Crippen LogP contribution is -2.20. The summed E-state index contributed by atoms with van der Waals surface area (Å²) in [6.45, 7) is 3.77. The van der Waals surface area contributed by atoms with Crippen molar-refractivity contribution in [1.82, 2.24) is 0 Å². The van der Waals surface area contributed by atoms with Crippen LogP contribution in [0.3, 0.4) is 0 Å². The lowest BCUT2D eigenvalue weighted by molar-refractivity contribution is 0.0529. The molecular formula is C21H18F2N2O2S2. The minimum absolute atomic E-state index is 0.132. The molecule has 0 spiro atoms. The predicted octanol–water partition coefficient (Wildman–Crippen LogP) is 5.99. The van der Waals surface area contributed by atoms with Crippen molar-refractivity contribution >= 4 is 45.3 Å². The van der Waals surface area contributed by atoms with Crippen LogP contribution < -0.4 is 10.6 Å². The molecule has 2 aromatic carbocycles. The summed E-state index contributed by atoms with van der Waals surface area (Å²) in [7, 11) is 0. The van der Waals surface area contributed by atoms with Gasteiger partial charge in [-0.25, -0.2) is 13.6 Å². The number of carbonyl (C=O) groups excluding carboxylic acids is 1. The molecule has 0 saturated heterocycles. The molecule has 2 N–H and O–H groups in total. The van der Waals surface area contributed by atoms with Crippen molar-refractivity contribution in [1.29, 1.82) is 0 Å². The molecule has 0 aliphatic carbocycles. The Bertz CT molecular complexity index is 1050. The first kappa shape index (κ1) is 20.9. The third-order valence-electron chi connectivity index (χ3n) is 4.05. The van der Waals surface area contributed by atoms with Crippen molar-refractivity contribution in [2.45, 2.75) is 13.8 Å². The Morgan fingerprint density at radius 1 is 1.10 bits per heavy atom. The monoisotopic (exact) mass is 432 g/mol. The minimum atomic E-state index is -0.521. The summed E-state index contributed by atoms with van der Waals surface area (Å²) >= 11 is 6.60. The lowest BCUT2D eigenvalue weighted by atomic mass is 10.0. The second-order valence-corrected chi connectivity index (χ2v) is 7.66. The number of thiophene rings is 1. The number of hydrogen-bond acceptors (Lipinski definition) is 4. The molecule has 0 fully saturated rings. The van der Waals surface area contributed by atoms with Crippen molar-refractivity contribution in [3.8, 4) is 11.1 Å². The normalized spacial score (nSPS) is 10.5. The average molecular weight is 433 g/mol. The number of rotatable bonds is 5. The van der Waals surface area contributed by atoms with Crippen molar-refractivity contribution in [3.63, 3.8) is 0 Å². The fraction of sp³-hybridized carbons (Fsp3) is 0.143. The van der Waals surface area contributed by atoms with Gasteiger partial charge in [0.05, 0.1) is 12.3 Å². The van der Waals surface area contributed by atoms with Crippen LogP contribution in [0.5, 0.6) is 0 Å². The van der Waals surface area contributed by atoms with Crippen LogP contribution in [0.1, 0.15) is 22.2 Å². The summed E-state index contributed by atoms with van der Waals surface area (Å²) in [6.07, 6.45) is 0. The van der Waals surface area contributed by atoms with Gasteiger partial charge in [-0.15, -0.1) is 11.3 Å². The molecule has 4 nitrogen and oxygen atoms in total. The highest BCUT2D eigenvalue weighted by Gasteiger charge is 2.25. The van der Waals surface area contributed by atoms with E-state index in [1.807, 2.05) is 6.92 Å². The van der Waals surface area contributed by atoms with Crippen molar-refractivity contribution in [3.05, 3.63) is 70.6 Å². The van der Waals surface area contributed by atoms with Gasteiger partial charge in [0.15, 0.2) is 5.11 Å². The fourth-order valence-corrected chi connectivity index (χ4v) is 4.16. The number of thiocarbonyl (C=S) groups is 1. The Morgan fingerprint density at radius 2 is 1.79 bits per heavy atom. The first-order chi connectivity index (χ1) is 13.9. The summed E-state index contributed by atoms with van der Waals surface area (Å²) < 4.78 is 32.4. The third kappa shape index (κ3) is 4.78. The molecule has 0 saturated carbocycles. The Kier molecular flexibility index (Phi) is 6.56. The van der Waals surface area contributed by atoms with Gasteiger partial charge in [0, 0.05) is 10.4 Å². The largest absolute Gasteiger partial charge is 0.462 e. The van der Waals surface area contributed by atoms with Crippen LogP contribution in [0.2, 0.25) is 0 Å². The van der Waals surface area contributed by atoms with Gasteiger partial charge in [0.1, 0.15) is 22.2 Å². The molecule has 3 aromatic rings. The summed E-state index contributed by atoms with van der Waals surface area (Å²) in [4.78, 5) is 13.5. The van der Waals surface area contributed by atoms with Gasteiger partial charge >= 0.3 is 5.97 Å². The molecule has 0 radical (unpaired) electrons. The Labute approximate surface area is 176 Å². The molecule has 8 heteroatoms. The van der Waals surface area contributed by atoms with E-state index in [1.165, 1.54) is 29.5 Å². The van der Waals surface area contributed by atoms with Gasteiger partial charge in [-0.1, -0.05) is 24.3 Å². The lowest BCUT2D eigenvalue weighted by Gasteiger charge is -2.12. The fourth-order valence-electron chi connectivity index (χ4n) is 2.81. The topological polar surface area (TPSA) is 50.4 Å². The molecule has 0 aliphatic heterocycles. The summed E-state index contributed by atoms with van der Waals surface area (Å²) in [6, 6.07) is 12.0. The number of ether oxygens (including phenoxy) is 1. The smallest absolute Gasteiger partial charge is 0.341 e. The number of halogens is 2. The van der Waals surface area contributed by atoms with E-state index in [-0.39, 0.29) is 23.2 Å². The summed E-state index contributed by atoms with van der Waals surface area (Å²) in [5.74, 6) is -1.34. The van der Waals surface area contributed by atoms with E-state index in [2.05, 4.69) is 10.6 Å². The molecule has 1 heterocycles. The Morgan fingerprint density at radius 3 is 2.45 bits per heavy atom. The van der Waals surface area contributed by atoms with Crippen LogP contribution in [-0.4, -0.2) is 17.7 Å². The Balaban J connectivity index is 1.96. The van der Waals surface area contributed by atoms with E-state index in [4.69, 9.17) is 17.0 Å². The highest BCUT2D eigenvalue weighted by molar-refractivity contribution is 7.80. The maximum Gasteiger partial charge on any atom is 0.341 e. The molecule has 0 bridgehead atoms. The predicted molar refractivity (Wildman–Crippen MR) is 117 cm³/mol. The maximum atomic E-state index is 13.9. The number of anilines is 2. The van der Waals surface area contributed by atoms with E-state index in [0.29, 0.717) is 21.7 Å². The molecule has 29 heavy (non-hydrogen) atoms. The number of benzene rings is 2. The van der Waals surface area contributed by atoms with Crippen LogP contribution in [-0.2, 0) is 4.74 Å². The van der Waals surface area contributed by atoms with Gasteiger partial charge in [-0.05, 0) is 55.9 Å². The summed E-state index contributed by atoms with van der Waals surface area (Å²) in [5, 5.41) is 6.35. The van der Waals surface area contributed by atoms with Gasteiger partial charge in [0.25, 0.3) is 0 Å². The van der Waals surface area contributed by atoms with Crippen LogP contribution in [0.25, 0.3) is 11.1 Å². The van der Waals surface area contributed by atoms with Gasteiger partial charge in [-0.3, -0.25) is 0 Å². The van der Waals surface area contributed by atoms with Crippen molar-refractivity contribution < 1.29 is 18.3 Å². The van der Waals surface area contributed by atoms with Gasteiger partial charge < -0.3 is 15.4 Å². The second kappa shape index (κ2) is 9.11. The Hall–Kier alpha value is -2.84. The molecule has 0 amide bonds. The molecular weight excluding hydrogens is 414 g/mol. The molecule has 1 aromatic heterocycles. The van der Waals surface area contributed by atoms with E-state index in [1.54, 1.807) is 37.3 Å². The average Bonchev–Trinajstić information content (AvgIpc) is 3.00. The number of aryl methyl sites for hydroxylation is 1. The molecule has 0 atom stereocenters. The van der Waals surface area contributed by atoms with E-state index >= 15 is 0 Å². The number of para-hydroxylation sites is 1. The van der Waals surface area contributed by atoms with Gasteiger partial charge in [-0.2, -0.15) is 0 Å². The first-order valence-electron chi connectivity index (χ1n) is 8.79. The molecule has 0 aliphatic rings. The molecule has 0 unspecified atom stereocenters. The number of hydrogen-bond donors (Lipinski definition) is 2. The maximum absolute atomic E-state index is 13.9. The zero-order chi connectivity index (χ0) is 21.0. The highest BCUT2D eigenvalue weighted by Crippen LogP contribution is 2.40. The second-order valence-electron chi connectivity index (χ2n) is 6.02. The highest BCUT2D eigenvalue weighted by atomic mass is 32.1. The summed E-state index contributed by atoms with van der Waals surface area (Å²) in [5.41, 5.74) is 1.85. The van der Waals surface area contributed by atoms with Crippen LogP contribution in [0.4, 0.5) is 19.5 Å². The zero-order valence-corrected chi connectivity index (χ0v) is 17.3. The number of esters is 1. The number of carbonyl (C=O) groups is 1.